The number of anilines is 1. The van der Waals surface area contributed by atoms with Crippen LogP contribution in [-0.4, -0.2) is 70.3 Å². The molecule has 10 nitrogen and oxygen atoms in total. The van der Waals surface area contributed by atoms with Gasteiger partial charge in [0, 0.05) is 19.2 Å². The fourth-order valence-electron chi connectivity index (χ4n) is 3.82. The van der Waals surface area contributed by atoms with Crippen LogP contribution in [-0.2, 0) is 24.3 Å². The van der Waals surface area contributed by atoms with Crippen LogP contribution in [0.2, 0.25) is 0 Å². The monoisotopic (exact) mass is 490 g/mol. The van der Waals surface area contributed by atoms with Crippen molar-refractivity contribution < 1.29 is 37.0 Å². The van der Waals surface area contributed by atoms with E-state index in [1.165, 1.54) is 30.3 Å². The first-order valence-corrected chi connectivity index (χ1v) is 12.3. The zero-order chi connectivity index (χ0) is 24.3. The topological polar surface area (TPSA) is 120 Å². The molecule has 0 aromatic heterocycles. The zero-order valence-corrected chi connectivity index (χ0v) is 19.7. The number of benzene rings is 2. The number of carbonyl (C=O) groups is 2. The number of ether oxygens (including phenoxy) is 4. The lowest BCUT2D eigenvalue weighted by Crippen LogP contribution is -2.49. The standard InChI is InChI=1S/C23H26N2O8S/c1-15-12-25(13-16(2)33-15)22(26)14-32-23(27)18-5-3-4-6-19(18)24-34(28,29)17-7-8-20-21(11-17)31-10-9-30-20/h3-8,11,15-16,24H,9-10,12-14H2,1-2H3/t15-,16+. The van der Waals surface area contributed by atoms with Gasteiger partial charge in [-0.05, 0) is 38.1 Å². The smallest absolute Gasteiger partial charge is 0.340 e. The molecule has 2 aromatic rings. The highest BCUT2D eigenvalue weighted by atomic mass is 32.2. The van der Waals surface area contributed by atoms with Gasteiger partial charge in [-0.1, -0.05) is 12.1 Å². The number of hydrogen-bond acceptors (Lipinski definition) is 8. The molecule has 34 heavy (non-hydrogen) atoms. The number of amides is 1. The lowest BCUT2D eigenvalue weighted by atomic mass is 10.2. The maximum absolute atomic E-state index is 13.0. The Labute approximate surface area is 197 Å². The number of nitrogens with one attached hydrogen (secondary N) is 1. The highest BCUT2D eigenvalue weighted by Crippen LogP contribution is 2.33. The number of morpholine rings is 1. The maximum atomic E-state index is 13.0. The molecule has 2 aromatic carbocycles. The van der Waals surface area contributed by atoms with Crippen LogP contribution in [0.1, 0.15) is 24.2 Å². The summed E-state index contributed by atoms with van der Waals surface area (Å²) in [5, 5.41) is 0. The Morgan fingerprint density at radius 2 is 1.71 bits per heavy atom. The summed E-state index contributed by atoms with van der Waals surface area (Å²) in [5.74, 6) is -0.372. The number of sulfonamides is 1. The normalized spacial score (nSPS) is 19.9. The fourth-order valence-corrected chi connectivity index (χ4v) is 4.92. The van der Waals surface area contributed by atoms with E-state index in [2.05, 4.69) is 4.72 Å². The van der Waals surface area contributed by atoms with Gasteiger partial charge in [-0.15, -0.1) is 0 Å². The summed E-state index contributed by atoms with van der Waals surface area (Å²) in [6, 6.07) is 10.3. The lowest BCUT2D eigenvalue weighted by molar-refractivity contribution is -0.146. The third kappa shape index (κ3) is 5.42. The molecular formula is C23H26N2O8S. The molecule has 182 valence electrons. The molecule has 0 spiro atoms. The summed E-state index contributed by atoms with van der Waals surface area (Å²) in [7, 11) is -4.05. The summed E-state index contributed by atoms with van der Waals surface area (Å²) >= 11 is 0. The Morgan fingerprint density at radius 3 is 2.44 bits per heavy atom. The third-order valence-corrected chi connectivity index (χ3v) is 6.68. The number of rotatable bonds is 6. The van der Waals surface area contributed by atoms with E-state index in [0.29, 0.717) is 37.8 Å². The number of fused-ring (bicyclic) bond motifs is 1. The van der Waals surface area contributed by atoms with Crippen LogP contribution in [0, 0.1) is 0 Å². The van der Waals surface area contributed by atoms with Crippen molar-refractivity contribution in [3.05, 3.63) is 48.0 Å². The molecule has 1 N–H and O–H groups in total. The predicted molar refractivity (Wildman–Crippen MR) is 122 cm³/mol. The van der Waals surface area contributed by atoms with E-state index in [4.69, 9.17) is 18.9 Å². The molecular weight excluding hydrogens is 464 g/mol. The molecule has 2 heterocycles. The second-order valence-electron chi connectivity index (χ2n) is 8.09. The number of carbonyl (C=O) groups excluding carboxylic acids is 2. The average Bonchev–Trinajstić information content (AvgIpc) is 2.81. The van der Waals surface area contributed by atoms with Gasteiger partial charge >= 0.3 is 5.97 Å². The summed E-state index contributed by atoms with van der Waals surface area (Å²) < 4.78 is 50.0. The molecule has 0 aliphatic carbocycles. The van der Waals surface area contributed by atoms with Gasteiger partial charge in [-0.25, -0.2) is 13.2 Å². The second-order valence-corrected chi connectivity index (χ2v) is 9.77. The Kier molecular flexibility index (Phi) is 6.94. The Morgan fingerprint density at radius 1 is 1.03 bits per heavy atom. The lowest BCUT2D eigenvalue weighted by Gasteiger charge is -2.35. The fraction of sp³-hybridized carbons (Fsp3) is 0.391. The molecule has 0 bridgehead atoms. The van der Waals surface area contributed by atoms with Crippen molar-refractivity contribution in [3.8, 4) is 11.5 Å². The molecule has 11 heteroatoms. The van der Waals surface area contributed by atoms with E-state index in [-0.39, 0.29) is 34.3 Å². The van der Waals surface area contributed by atoms with Crippen molar-refractivity contribution in [2.75, 3.05) is 37.6 Å². The van der Waals surface area contributed by atoms with E-state index in [0.717, 1.165) is 0 Å². The highest BCUT2D eigenvalue weighted by Gasteiger charge is 2.27. The van der Waals surface area contributed by atoms with Crippen LogP contribution < -0.4 is 14.2 Å². The number of esters is 1. The van der Waals surface area contributed by atoms with Crippen LogP contribution >= 0.6 is 0 Å². The minimum atomic E-state index is -4.05. The first-order valence-electron chi connectivity index (χ1n) is 10.8. The van der Waals surface area contributed by atoms with E-state index < -0.39 is 22.6 Å². The number of nitrogens with zero attached hydrogens (tertiary/aromatic N) is 1. The summed E-state index contributed by atoms with van der Waals surface area (Å²) in [6.45, 7) is 4.80. The largest absolute Gasteiger partial charge is 0.486 e. The van der Waals surface area contributed by atoms with Crippen LogP contribution in [0.15, 0.2) is 47.4 Å². The predicted octanol–water partition coefficient (Wildman–Crippen LogP) is 2.05. The van der Waals surface area contributed by atoms with Crippen LogP contribution in [0.4, 0.5) is 5.69 Å². The SMILES string of the molecule is C[C@@H]1CN(C(=O)COC(=O)c2ccccc2NS(=O)(=O)c2ccc3c(c2)OCCO3)C[C@H](C)O1. The summed E-state index contributed by atoms with van der Waals surface area (Å²) in [6.07, 6.45) is -0.224. The quantitative estimate of drug-likeness (QED) is 0.611. The first kappa shape index (κ1) is 23.8. The second kappa shape index (κ2) is 9.90. The van der Waals surface area contributed by atoms with Gasteiger partial charge in [0.25, 0.3) is 15.9 Å². The summed E-state index contributed by atoms with van der Waals surface area (Å²) in [4.78, 5) is 26.7. The Balaban J connectivity index is 1.45. The minimum absolute atomic E-state index is 0.0138. The Bertz CT molecular complexity index is 1170. The number of hydrogen-bond donors (Lipinski definition) is 1. The van der Waals surface area contributed by atoms with Crippen molar-refractivity contribution in [2.45, 2.75) is 31.0 Å². The molecule has 1 saturated heterocycles. The molecule has 1 amide bonds. The van der Waals surface area contributed by atoms with Crippen molar-refractivity contribution in [1.29, 1.82) is 0 Å². The van der Waals surface area contributed by atoms with Crippen molar-refractivity contribution in [2.24, 2.45) is 0 Å². The zero-order valence-electron chi connectivity index (χ0n) is 18.9. The molecule has 2 aliphatic rings. The van der Waals surface area contributed by atoms with Gasteiger partial charge in [0.05, 0.1) is 28.4 Å². The van der Waals surface area contributed by atoms with Gasteiger partial charge in [-0.2, -0.15) is 0 Å². The molecule has 0 radical (unpaired) electrons. The minimum Gasteiger partial charge on any atom is -0.486 e. The molecule has 0 unspecified atom stereocenters. The molecule has 2 atom stereocenters. The van der Waals surface area contributed by atoms with E-state index >= 15 is 0 Å². The molecule has 1 fully saturated rings. The average molecular weight is 491 g/mol. The molecule has 0 saturated carbocycles. The maximum Gasteiger partial charge on any atom is 0.340 e. The van der Waals surface area contributed by atoms with Crippen LogP contribution in [0.5, 0.6) is 11.5 Å². The van der Waals surface area contributed by atoms with Crippen LogP contribution in [0.25, 0.3) is 0 Å². The van der Waals surface area contributed by atoms with Crippen molar-refractivity contribution in [3.63, 3.8) is 0 Å². The van der Waals surface area contributed by atoms with Gasteiger partial charge in [0.1, 0.15) is 13.2 Å². The van der Waals surface area contributed by atoms with Crippen LogP contribution in [0.3, 0.4) is 0 Å². The molecule has 2 aliphatic heterocycles. The van der Waals surface area contributed by atoms with Gasteiger partial charge < -0.3 is 23.8 Å². The van der Waals surface area contributed by atoms with Crippen molar-refractivity contribution >= 4 is 27.6 Å². The number of para-hydroxylation sites is 1. The first-order chi connectivity index (χ1) is 16.2. The molecule has 4 rings (SSSR count). The van der Waals surface area contributed by atoms with E-state index in [9.17, 15) is 18.0 Å². The Hall–Kier alpha value is -3.31. The van der Waals surface area contributed by atoms with Gasteiger partial charge in [0.15, 0.2) is 18.1 Å². The van der Waals surface area contributed by atoms with E-state index in [1.807, 2.05) is 13.8 Å². The highest BCUT2D eigenvalue weighted by molar-refractivity contribution is 7.92. The van der Waals surface area contributed by atoms with Crippen molar-refractivity contribution in [1.82, 2.24) is 4.90 Å². The van der Waals surface area contributed by atoms with E-state index in [1.54, 1.807) is 17.0 Å². The summed E-state index contributed by atoms with van der Waals surface area (Å²) in [5.41, 5.74) is 0.0172. The van der Waals surface area contributed by atoms with Gasteiger partial charge in [0.2, 0.25) is 0 Å². The third-order valence-electron chi connectivity index (χ3n) is 5.31. The van der Waals surface area contributed by atoms with Gasteiger partial charge in [-0.3, -0.25) is 9.52 Å².